The van der Waals surface area contributed by atoms with Gasteiger partial charge in [-0.1, -0.05) is 12.5 Å². The van der Waals surface area contributed by atoms with Gasteiger partial charge >= 0.3 is 0 Å². The fourth-order valence-electron chi connectivity index (χ4n) is 2.72. The Kier molecular flexibility index (Phi) is 4.58. The van der Waals surface area contributed by atoms with Crippen molar-refractivity contribution < 1.29 is 4.79 Å². The minimum atomic E-state index is 0.425. The molecular formula is C14H23NO. The van der Waals surface area contributed by atoms with Crippen LogP contribution in [-0.4, -0.2) is 18.9 Å². The van der Waals surface area contributed by atoms with Crippen LogP contribution in [0.5, 0.6) is 0 Å². The van der Waals surface area contributed by atoms with Crippen molar-refractivity contribution in [3.63, 3.8) is 0 Å². The van der Waals surface area contributed by atoms with E-state index in [1.807, 2.05) is 0 Å². The molecule has 0 saturated carbocycles. The summed E-state index contributed by atoms with van der Waals surface area (Å²) in [6, 6.07) is 0. The van der Waals surface area contributed by atoms with Gasteiger partial charge in [-0.15, -0.1) is 0 Å². The molecule has 0 aromatic heterocycles. The number of allylic oxidation sites excluding steroid dienone is 2. The zero-order valence-electron chi connectivity index (χ0n) is 10.1. The molecule has 1 unspecified atom stereocenters. The summed E-state index contributed by atoms with van der Waals surface area (Å²) >= 11 is 0. The molecule has 0 bridgehead atoms. The van der Waals surface area contributed by atoms with E-state index in [0.29, 0.717) is 5.78 Å². The molecule has 0 amide bonds. The Morgan fingerprint density at radius 2 is 2.31 bits per heavy atom. The van der Waals surface area contributed by atoms with Crippen LogP contribution in [-0.2, 0) is 4.79 Å². The molecule has 1 N–H and O–H groups in total. The van der Waals surface area contributed by atoms with Crippen molar-refractivity contribution in [1.82, 2.24) is 5.32 Å². The molecule has 1 atom stereocenters. The van der Waals surface area contributed by atoms with Gasteiger partial charge in [-0.25, -0.2) is 0 Å². The van der Waals surface area contributed by atoms with Crippen LogP contribution in [0.3, 0.4) is 0 Å². The molecule has 2 rings (SSSR count). The molecule has 0 spiro atoms. The van der Waals surface area contributed by atoms with Gasteiger partial charge in [0.1, 0.15) is 0 Å². The van der Waals surface area contributed by atoms with Gasteiger partial charge in [-0.3, -0.25) is 4.79 Å². The predicted molar refractivity (Wildman–Crippen MR) is 66.4 cm³/mol. The minimum Gasteiger partial charge on any atom is -0.316 e. The zero-order valence-corrected chi connectivity index (χ0v) is 10.1. The van der Waals surface area contributed by atoms with Crippen LogP contribution in [0.1, 0.15) is 51.4 Å². The van der Waals surface area contributed by atoms with Crippen molar-refractivity contribution in [2.75, 3.05) is 13.1 Å². The van der Waals surface area contributed by atoms with Crippen LogP contribution in [0.25, 0.3) is 0 Å². The summed E-state index contributed by atoms with van der Waals surface area (Å²) < 4.78 is 0. The van der Waals surface area contributed by atoms with Crippen molar-refractivity contribution in [2.24, 2.45) is 5.92 Å². The van der Waals surface area contributed by atoms with E-state index < -0.39 is 0 Å². The largest absolute Gasteiger partial charge is 0.316 e. The second-order valence-electron chi connectivity index (χ2n) is 5.15. The van der Waals surface area contributed by atoms with Crippen LogP contribution in [0.15, 0.2) is 11.6 Å². The molecule has 1 heterocycles. The molecule has 1 aliphatic carbocycles. The Morgan fingerprint density at radius 1 is 1.38 bits per heavy atom. The fraction of sp³-hybridized carbons (Fsp3) is 0.786. The number of carbonyl (C=O) groups excluding carboxylic acids is 1. The first-order chi connectivity index (χ1) is 7.86. The standard InChI is InChI=1S/C14H23NO/c16-14(8-7-12-9-10-15-11-12)13-5-3-1-2-4-6-13/h5,12,15H,1-4,6-11H2. The number of carbonyl (C=O) groups is 1. The molecule has 2 heteroatoms. The zero-order chi connectivity index (χ0) is 11.2. The smallest absolute Gasteiger partial charge is 0.158 e. The summed E-state index contributed by atoms with van der Waals surface area (Å²) in [5, 5.41) is 3.36. The monoisotopic (exact) mass is 221 g/mol. The second kappa shape index (κ2) is 6.19. The molecule has 0 aromatic carbocycles. The van der Waals surface area contributed by atoms with Crippen LogP contribution < -0.4 is 5.32 Å². The third-order valence-corrected chi connectivity index (χ3v) is 3.84. The Hall–Kier alpha value is -0.630. The lowest BCUT2D eigenvalue weighted by molar-refractivity contribution is -0.116. The van der Waals surface area contributed by atoms with Crippen LogP contribution in [0, 0.1) is 5.92 Å². The Labute approximate surface area is 98.5 Å². The summed E-state index contributed by atoms with van der Waals surface area (Å²) in [5.74, 6) is 1.17. The van der Waals surface area contributed by atoms with Crippen molar-refractivity contribution in [2.45, 2.75) is 51.4 Å². The second-order valence-corrected chi connectivity index (χ2v) is 5.15. The van der Waals surface area contributed by atoms with E-state index in [1.54, 1.807) is 0 Å². The molecule has 1 aliphatic heterocycles. The molecule has 0 radical (unpaired) electrons. The average molecular weight is 221 g/mol. The quantitative estimate of drug-likeness (QED) is 0.791. The van der Waals surface area contributed by atoms with Gasteiger partial charge in [-0.05, 0) is 63.1 Å². The molecule has 0 aromatic rings. The first-order valence-corrected chi connectivity index (χ1v) is 6.79. The predicted octanol–water partition coefficient (Wildman–Crippen LogP) is 2.84. The van der Waals surface area contributed by atoms with Gasteiger partial charge in [0.2, 0.25) is 0 Å². The normalized spacial score (nSPS) is 26.2. The summed E-state index contributed by atoms with van der Waals surface area (Å²) in [4.78, 5) is 12.0. The Balaban J connectivity index is 1.75. The van der Waals surface area contributed by atoms with Crippen LogP contribution >= 0.6 is 0 Å². The van der Waals surface area contributed by atoms with Gasteiger partial charge in [0.25, 0.3) is 0 Å². The highest BCUT2D eigenvalue weighted by Crippen LogP contribution is 2.21. The molecule has 16 heavy (non-hydrogen) atoms. The molecule has 1 saturated heterocycles. The topological polar surface area (TPSA) is 29.1 Å². The number of rotatable bonds is 4. The first-order valence-electron chi connectivity index (χ1n) is 6.79. The highest BCUT2D eigenvalue weighted by molar-refractivity contribution is 5.95. The lowest BCUT2D eigenvalue weighted by Gasteiger charge is -2.08. The maximum absolute atomic E-state index is 12.0. The van der Waals surface area contributed by atoms with Gasteiger partial charge in [0.15, 0.2) is 5.78 Å². The van der Waals surface area contributed by atoms with Gasteiger partial charge in [-0.2, -0.15) is 0 Å². The van der Waals surface area contributed by atoms with Crippen molar-refractivity contribution in [1.29, 1.82) is 0 Å². The highest BCUT2D eigenvalue weighted by Gasteiger charge is 2.17. The van der Waals surface area contributed by atoms with E-state index in [4.69, 9.17) is 0 Å². The number of hydrogen-bond donors (Lipinski definition) is 1. The number of nitrogens with one attached hydrogen (secondary N) is 1. The lowest BCUT2D eigenvalue weighted by Crippen LogP contribution is -2.11. The summed E-state index contributed by atoms with van der Waals surface area (Å²) in [7, 11) is 0. The first kappa shape index (κ1) is 11.8. The molecule has 2 aliphatic rings. The minimum absolute atomic E-state index is 0.425. The van der Waals surface area contributed by atoms with E-state index in [1.165, 1.54) is 25.7 Å². The summed E-state index contributed by atoms with van der Waals surface area (Å²) in [6.45, 7) is 2.26. The molecule has 1 fully saturated rings. The van der Waals surface area contributed by atoms with Crippen molar-refractivity contribution >= 4 is 5.78 Å². The van der Waals surface area contributed by atoms with Crippen molar-refractivity contribution in [3.05, 3.63) is 11.6 Å². The van der Waals surface area contributed by atoms with Crippen LogP contribution in [0.2, 0.25) is 0 Å². The van der Waals surface area contributed by atoms with E-state index in [0.717, 1.165) is 50.3 Å². The van der Waals surface area contributed by atoms with E-state index in [9.17, 15) is 4.79 Å². The average Bonchev–Trinajstić information content (AvgIpc) is 2.66. The van der Waals surface area contributed by atoms with E-state index in [-0.39, 0.29) is 0 Å². The Bertz CT molecular complexity index is 264. The maximum Gasteiger partial charge on any atom is 0.158 e. The SMILES string of the molecule is O=C(CCC1CCNC1)C1=CCCCCC1. The third-order valence-electron chi connectivity index (χ3n) is 3.84. The van der Waals surface area contributed by atoms with Crippen molar-refractivity contribution in [3.8, 4) is 0 Å². The van der Waals surface area contributed by atoms with E-state index in [2.05, 4.69) is 11.4 Å². The highest BCUT2D eigenvalue weighted by atomic mass is 16.1. The number of hydrogen-bond acceptors (Lipinski definition) is 2. The number of Topliss-reactive ketones (excluding diaryl/α,β-unsaturated/α-hetero) is 1. The summed E-state index contributed by atoms with van der Waals surface area (Å²) in [6.07, 6.45) is 11.2. The van der Waals surface area contributed by atoms with Gasteiger partial charge < -0.3 is 5.32 Å². The molecular weight excluding hydrogens is 198 g/mol. The fourth-order valence-corrected chi connectivity index (χ4v) is 2.72. The Morgan fingerprint density at radius 3 is 3.12 bits per heavy atom. The van der Waals surface area contributed by atoms with Gasteiger partial charge in [0, 0.05) is 6.42 Å². The number of ketones is 1. The molecule has 2 nitrogen and oxygen atoms in total. The molecule has 90 valence electrons. The summed E-state index contributed by atoms with van der Waals surface area (Å²) in [5.41, 5.74) is 1.13. The third kappa shape index (κ3) is 3.44. The van der Waals surface area contributed by atoms with Crippen LogP contribution in [0.4, 0.5) is 0 Å². The lowest BCUT2D eigenvalue weighted by atomic mass is 9.96. The maximum atomic E-state index is 12.0. The van der Waals surface area contributed by atoms with Gasteiger partial charge in [0.05, 0.1) is 0 Å². The van der Waals surface area contributed by atoms with E-state index >= 15 is 0 Å².